The number of fused-ring (bicyclic) bond motifs is 9. The molecule has 0 fully saturated rings. The van der Waals surface area contributed by atoms with E-state index in [9.17, 15) is 8.78 Å². The summed E-state index contributed by atoms with van der Waals surface area (Å²) in [5, 5.41) is 5.70. The summed E-state index contributed by atoms with van der Waals surface area (Å²) in [5.41, 5.74) is 1.43. The molecule has 0 aliphatic carbocycles. The van der Waals surface area contributed by atoms with Crippen molar-refractivity contribution >= 4 is 64.2 Å². The third kappa shape index (κ3) is 1.77. The molecule has 0 aliphatic rings. The largest absolute Gasteiger partial charge is 0.455 e. The van der Waals surface area contributed by atoms with Gasteiger partial charge in [0.05, 0.1) is 0 Å². The number of rotatable bonds is 0. The van der Waals surface area contributed by atoms with Crippen LogP contribution in [0.25, 0.3) is 52.9 Å². The molecule has 0 radical (unpaired) electrons. The lowest BCUT2D eigenvalue weighted by molar-refractivity contribution is 0.626. The van der Waals surface area contributed by atoms with E-state index < -0.39 is 0 Å². The van der Waals surface area contributed by atoms with Crippen LogP contribution in [0.15, 0.2) is 65.1 Å². The molecule has 2 aromatic heterocycles. The summed E-state index contributed by atoms with van der Waals surface area (Å²) in [6.07, 6.45) is 0. The highest BCUT2D eigenvalue weighted by Gasteiger charge is 2.14. The second-order valence-corrected chi connectivity index (χ2v) is 7.52. The lowest BCUT2D eigenvalue weighted by Gasteiger charge is -2.01. The van der Waals surface area contributed by atoms with E-state index in [0.29, 0.717) is 5.58 Å². The Morgan fingerprint density at radius 1 is 0.615 bits per heavy atom. The van der Waals surface area contributed by atoms with Crippen LogP contribution in [-0.2, 0) is 0 Å². The second-order valence-electron chi connectivity index (χ2n) is 6.46. The SMILES string of the molecule is Fc1ccc2oc3c(ccc4c3ccc3c5cc(F)ccc5sc34)c2c1. The van der Waals surface area contributed by atoms with Crippen molar-refractivity contribution in [1.82, 2.24) is 0 Å². The molecule has 1 nitrogen and oxygen atoms in total. The Morgan fingerprint density at radius 3 is 2.04 bits per heavy atom. The first kappa shape index (κ1) is 14.2. The van der Waals surface area contributed by atoms with E-state index in [1.54, 1.807) is 23.5 Å². The fourth-order valence-corrected chi connectivity index (χ4v) is 5.03. The van der Waals surface area contributed by atoms with Crippen LogP contribution in [-0.4, -0.2) is 0 Å². The summed E-state index contributed by atoms with van der Waals surface area (Å²) >= 11 is 1.65. The molecule has 4 aromatic carbocycles. The summed E-state index contributed by atoms with van der Waals surface area (Å²) < 4.78 is 35.5. The van der Waals surface area contributed by atoms with Crippen molar-refractivity contribution in [3.63, 3.8) is 0 Å². The number of hydrogen-bond acceptors (Lipinski definition) is 2. The molecule has 0 bridgehead atoms. The van der Waals surface area contributed by atoms with Crippen LogP contribution in [0.5, 0.6) is 0 Å². The van der Waals surface area contributed by atoms with Crippen LogP contribution in [0, 0.1) is 11.6 Å². The summed E-state index contributed by atoms with van der Waals surface area (Å²) in [6.45, 7) is 0. The molecule has 6 aromatic rings. The van der Waals surface area contributed by atoms with E-state index >= 15 is 0 Å². The molecular weight excluding hydrogens is 350 g/mol. The Kier molecular flexibility index (Phi) is 2.62. The highest BCUT2D eigenvalue weighted by atomic mass is 32.1. The molecule has 124 valence electrons. The Balaban J connectivity index is 1.81. The fraction of sp³-hybridized carbons (Fsp3) is 0. The minimum Gasteiger partial charge on any atom is -0.455 e. The van der Waals surface area contributed by atoms with Crippen LogP contribution in [0.2, 0.25) is 0 Å². The summed E-state index contributed by atoms with van der Waals surface area (Å²) in [5.74, 6) is -0.505. The molecule has 0 saturated carbocycles. The van der Waals surface area contributed by atoms with Crippen molar-refractivity contribution in [1.29, 1.82) is 0 Å². The zero-order valence-corrected chi connectivity index (χ0v) is 14.2. The molecule has 0 N–H and O–H groups in total. The van der Waals surface area contributed by atoms with Gasteiger partial charge in [0, 0.05) is 41.7 Å². The monoisotopic (exact) mass is 360 g/mol. The van der Waals surface area contributed by atoms with Crippen molar-refractivity contribution in [2.24, 2.45) is 0 Å². The van der Waals surface area contributed by atoms with Gasteiger partial charge >= 0.3 is 0 Å². The van der Waals surface area contributed by atoms with Crippen molar-refractivity contribution in [3.05, 3.63) is 72.3 Å². The van der Waals surface area contributed by atoms with Gasteiger partial charge in [0.25, 0.3) is 0 Å². The summed E-state index contributed by atoms with van der Waals surface area (Å²) in [6, 6.07) is 17.5. The van der Waals surface area contributed by atoms with Crippen LogP contribution in [0.4, 0.5) is 8.78 Å². The van der Waals surface area contributed by atoms with E-state index in [4.69, 9.17) is 4.42 Å². The standard InChI is InChI=1S/C22H10F2OS/c23-11-1-7-19-17(9-11)14-4-5-15-13(21(14)25-19)3-6-16-18-10-12(24)2-8-20(18)26-22(15)16/h1-10H. The Hall–Kier alpha value is -2.98. The van der Waals surface area contributed by atoms with Crippen LogP contribution in [0.3, 0.4) is 0 Å². The average molecular weight is 360 g/mol. The molecular formula is C22H10F2OS. The van der Waals surface area contributed by atoms with Gasteiger partial charge in [-0.25, -0.2) is 8.78 Å². The van der Waals surface area contributed by atoms with E-state index in [0.717, 1.165) is 47.3 Å². The third-order valence-electron chi connectivity index (χ3n) is 4.99. The first-order valence-corrected chi connectivity index (χ1v) is 9.06. The predicted molar refractivity (Wildman–Crippen MR) is 104 cm³/mol. The van der Waals surface area contributed by atoms with Gasteiger partial charge in [0.1, 0.15) is 22.8 Å². The average Bonchev–Trinajstić information content (AvgIpc) is 3.19. The maximum absolute atomic E-state index is 13.7. The van der Waals surface area contributed by atoms with Crippen molar-refractivity contribution in [2.45, 2.75) is 0 Å². The minimum atomic E-state index is -0.276. The van der Waals surface area contributed by atoms with Gasteiger partial charge < -0.3 is 4.42 Å². The molecule has 0 atom stereocenters. The maximum Gasteiger partial charge on any atom is 0.143 e. The van der Waals surface area contributed by atoms with E-state index in [1.807, 2.05) is 30.3 Å². The summed E-state index contributed by atoms with van der Waals surface area (Å²) in [7, 11) is 0. The van der Waals surface area contributed by atoms with Crippen LogP contribution >= 0.6 is 11.3 Å². The fourth-order valence-electron chi connectivity index (χ4n) is 3.82. The molecule has 2 heterocycles. The number of thiophene rings is 1. The topological polar surface area (TPSA) is 13.1 Å². The van der Waals surface area contributed by atoms with Gasteiger partial charge in [-0.05, 0) is 48.5 Å². The molecule has 0 aliphatic heterocycles. The molecule has 26 heavy (non-hydrogen) atoms. The number of halogens is 2. The summed E-state index contributed by atoms with van der Waals surface area (Å²) in [4.78, 5) is 0. The van der Waals surface area contributed by atoms with Crippen LogP contribution < -0.4 is 0 Å². The smallest absolute Gasteiger partial charge is 0.143 e. The molecule has 6 rings (SSSR count). The lowest BCUT2D eigenvalue weighted by Crippen LogP contribution is -1.76. The predicted octanol–water partition coefficient (Wildman–Crippen LogP) is 7.39. The number of furan rings is 1. The molecule has 0 amide bonds. The molecule has 0 spiro atoms. The lowest BCUT2D eigenvalue weighted by atomic mass is 10.0. The maximum atomic E-state index is 13.7. The zero-order valence-electron chi connectivity index (χ0n) is 13.3. The Morgan fingerprint density at radius 2 is 1.23 bits per heavy atom. The van der Waals surface area contributed by atoms with E-state index in [1.165, 1.54) is 18.2 Å². The number of hydrogen-bond donors (Lipinski definition) is 0. The highest BCUT2D eigenvalue weighted by Crippen LogP contribution is 2.42. The van der Waals surface area contributed by atoms with Gasteiger partial charge in [0.2, 0.25) is 0 Å². The van der Waals surface area contributed by atoms with Gasteiger partial charge in [0.15, 0.2) is 0 Å². The number of benzene rings is 4. The second kappa shape index (κ2) is 4.80. The normalized spacial score (nSPS) is 12.2. The van der Waals surface area contributed by atoms with Gasteiger partial charge in [-0.15, -0.1) is 11.3 Å². The van der Waals surface area contributed by atoms with Gasteiger partial charge in [-0.2, -0.15) is 0 Å². The quantitative estimate of drug-likeness (QED) is 0.275. The molecule has 0 saturated heterocycles. The van der Waals surface area contributed by atoms with Crippen molar-refractivity contribution in [2.75, 3.05) is 0 Å². The van der Waals surface area contributed by atoms with E-state index in [-0.39, 0.29) is 11.6 Å². The molecule has 4 heteroatoms. The van der Waals surface area contributed by atoms with Gasteiger partial charge in [-0.3, -0.25) is 0 Å². The van der Waals surface area contributed by atoms with E-state index in [2.05, 4.69) is 0 Å². The highest BCUT2D eigenvalue weighted by molar-refractivity contribution is 7.26. The van der Waals surface area contributed by atoms with Crippen LogP contribution in [0.1, 0.15) is 0 Å². The zero-order chi connectivity index (χ0) is 17.4. The first-order chi connectivity index (χ1) is 12.7. The van der Waals surface area contributed by atoms with Crippen molar-refractivity contribution in [3.8, 4) is 0 Å². The Labute approximate surface area is 150 Å². The Bertz CT molecular complexity index is 1390. The first-order valence-electron chi connectivity index (χ1n) is 8.24. The minimum absolute atomic E-state index is 0.230. The molecule has 0 unspecified atom stereocenters. The third-order valence-corrected chi connectivity index (χ3v) is 6.21. The van der Waals surface area contributed by atoms with Gasteiger partial charge in [-0.1, -0.05) is 12.1 Å². The van der Waals surface area contributed by atoms with Crippen molar-refractivity contribution < 1.29 is 13.2 Å².